The molecule has 1 aliphatic carbocycles. The SMILES string of the molecule is COC1CC(NC(=NCC2CCS(=O)(=O)C2)NC(C)C)C1(C)C. The fourth-order valence-corrected chi connectivity index (χ4v) is 5.19. The van der Waals surface area contributed by atoms with Gasteiger partial charge in [0.25, 0.3) is 0 Å². The smallest absolute Gasteiger partial charge is 0.191 e. The zero-order valence-corrected chi connectivity index (χ0v) is 15.7. The Balaban J connectivity index is 1.96. The van der Waals surface area contributed by atoms with Crippen molar-refractivity contribution in [2.75, 3.05) is 25.2 Å². The van der Waals surface area contributed by atoms with Crippen LogP contribution >= 0.6 is 0 Å². The van der Waals surface area contributed by atoms with Gasteiger partial charge in [-0.1, -0.05) is 13.8 Å². The largest absolute Gasteiger partial charge is 0.381 e. The molecule has 2 N–H and O–H groups in total. The van der Waals surface area contributed by atoms with Crippen LogP contribution in [0, 0.1) is 11.3 Å². The third kappa shape index (κ3) is 4.59. The van der Waals surface area contributed by atoms with E-state index in [4.69, 9.17) is 4.74 Å². The molecule has 0 aromatic heterocycles. The van der Waals surface area contributed by atoms with Crippen LogP contribution in [0.15, 0.2) is 4.99 Å². The average molecular weight is 346 g/mol. The molecule has 0 bridgehead atoms. The van der Waals surface area contributed by atoms with Gasteiger partial charge in [0.2, 0.25) is 0 Å². The molecular weight excluding hydrogens is 314 g/mol. The first-order valence-corrected chi connectivity index (χ1v) is 10.3. The van der Waals surface area contributed by atoms with Gasteiger partial charge >= 0.3 is 0 Å². The lowest BCUT2D eigenvalue weighted by Gasteiger charge is -2.51. The standard InChI is InChI=1S/C16H31N3O3S/c1-11(2)18-15(17-9-12-6-7-23(20,21)10-12)19-13-8-14(22-5)16(13,3)4/h11-14H,6-10H2,1-5H3,(H2,17,18,19). The molecule has 0 radical (unpaired) electrons. The number of guanidine groups is 1. The number of nitrogens with one attached hydrogen (secondary N) is 2. The van der Waals surface area contributed by atoms with Crippen LogP contribution in [0.25, 0.3) is 0 Å². The predicted octanol–water partition coefficient (Wildman–Crippen LogP) is 1.18. The van der Waals surface area contributed by atoms with E-state index in [-0.39, 0.29) is 29.2 Å². The molecule has 1 saturated heterocycles. The molecule has 0 spiro atoms. The van der Waals surface area contributed by atoms with Gasteiger partial charge in [-0.2, -0.15) is 0 Å². The number of sulfone groups is 1. The molecule has 7 heteroatoms. The Labute approximate surface area is 140 Å². The van der Waals surface area contributed by atoms with Crippen molar-refractivity contribution in [3.8, 4) is 0 Å². The minimum atomic E-state index is -2.84. The van der Waals surface area contributed by atoms with Crippen LogP contribution in [0.2, 0.25) is 0 Å². The summed E-state index contributed by atoms with van der Waals surface area (Å²) in [5, 5.41) is 6.84. The number of hydrogen-bond donors (Lipinski definition) is 2. The third-order valence-corrected chi connectivity index (χ3v) is 6.87. The summed E-state index contributed by atoms with van der Waals surface area (Å²) in [6, 6.07) is 0.583. The monoisotopic (exact) mass is 345 g/mol. The maximum absolute atomic E-state index is 11.6. The van der Waals surface area contributed by atoms with E-state index in [9.17, 15) is 8.42 Å². The molecule has 2 fully saturated rings. The number of methoxy groups -OCH3 is 1. The summed E-state index contributed by atoms with van der Waals surface area (Å²) in [5.74, 6) is 1.49. The highest BCUT2D eigenvalue weighted by molar-refractivity contribution is 7.91. The van der Waals surface area contributed by atoms with Gasteiger partial charge in [-0.05, 0) is 32.6 Å². The van der Waals surface area contributed by atoms with Gasteiger partial charge in [-0.3, -0.25) is 4.99 Å². The van der Waals surface area contributed by atoms with Gasteiger partial charge in [0, 0.05) is 31.2 Å². The summed E-state index contributed by atoms with van der Waals surface area (Å²) in [4.78, 5) is 4.64. The molecule has 3 unspecified atom stereocenters. The van der Waals surface area contributed by atoms with Crippen LogP contribution < -0.4 is 10.6 Å². The lowest BCUT2D eigenvalue weighted by molar-refractivity contribution is -0.0923. The van der Waals surface area contributed by atoms with E-state index < -0.39 is 9.84 Å². The fraction of sp³-hybridized carbons (Fsp3) is 0.938. The topological polar surface area (TPSA) is 79.8 Å². The Morgan fingerprint density at radius 2 is 2.09 bits per heavy atom. The van der Waals surface area contributed by atoms with Crippen molar-refractivity contribution in [3.05, 3.63) is 0 Å². The summed E-state index contributed by atoms with van der Waals surface area (Å²) in [5.41, 5.74) is 0.0604. The molecule has 23 heavy (non-hydrogen) atoms. The Hall–Kier alpha value is -0.820. The molecular formula is C16H31N3O3S. The van der Waals surface area contributed by atoms with E-state index in [2.05, 4.69) is 43.3 Å². The average Bonchev–Trinajstić information content (AvgIpc) is 2.78. The highest BCUT2D eigenvalue weighted by Crippen LogP contribution is 2.42. The minimum Gasteiger partial charge on any atom is -0.381 e. The number of aliphatic imine (C=N–C) groups is 1. The second-order valence-corrected chi connectivity index (χ2v) is 9.96. The van der Waals surface area contributed by atoms with Gasteiger partial charge in [0.15, 0.2) is 15.8 Å². The van der Waals surface area contributed by atoms with E-state index in [1.807, 2.05) is 0 Å². The predicted molar refractivity (Wildman–Crippen MR) is 93.5 cm³/mol. The molecule has 2 rings (SSSR count). The Kier molecular flexibility index (Phi) is 5.61. The first-order chi connectivity index (χ1) is 10.6. The third-order valence-electron chi connectivity index (χ3n) is 5.03. The van der Waals surface area contributed by atoms with Gasteiger partial charge in [0.1, 0.15) is 0 Å². The summed E-state index contributed by atoms with van der Waals surface area (Å²) >= 11 is 0. The lowest BCUT2D eigenvalue weighted by Crippen LogP contribution is -2.63. The normalized spacial score (nSPS) is 32.6. The molecule has 6 nitrogen and oxygen atoms in total. The Bertz CT molecular complexity index is 543. The Morgan fingerprint density at radius 3 is 2.57 bits per heavy atom. The summed E-state index contributed by atoms with van der Waals surface area (Å²) < 4.78 is 28.6. The van der Waals surface area contributed by atoms with Crippen LogP contribution in [0.1, 0.15) is 40.5 Å². The molecule has 0 aromatic carbocycles. The van der Waals surface area contributed by atoms with Crippen molar-refractivity contribution in [1.29, 1.82) is 0 Å². The van der Waals surface area contributed by atoms with E-state index in [1.54, 1.807) is 7.11 Å². The molecule has 1 aliphatic heterocycles. The quantitative estimate of drug-likeness (QED) is 0.578. The molecule has 1 saturated carbocycles. The van der Waals surface area contributed by atoms with Crippen molar-refractivity contribution >= 4 is 15.8 Å². The van der Waals surface area contributed by atoms with Crippen molar-refractivity contribution in [2.24, 2.45) is 16.3 Å². The van der Waals surface area contributed by atoms with Crippen LogP contribution in [-0.2, 0) is 14.6 Å². The highest BCUT2D eigenvalue weighted by Gasteiger charge is 2.49. The first-order valence-electron chi connectivity index (χ1n) is 8.45. The van der Waals surface area contributed by atoms with Gasteiger partial charge in [0.05, 0.1) is 17.6 Å². The van der Waals surface area contributed by atoms with Crippen molar-refractivity contribution in [2.45, 2.75) is 58.7 Å². The zero-order chi connectivity index (χ0) is 17.3. The van der Waals surface area contributed by atoms with Crippen LogP contribution in [0.4, 0.5) is 0 Å². The molecule has 0 amide bonds. The van der Waals surface area contributed by atoms with Gasteiger partial charge in [-0.15, -0.1) is 0 Å². The van der Waals surface area contributed by atoms with Crippen LogP contribution in [0.5, 0.6) is 0 Å². The second-order valence-electron chi connectivity index (χ2n) is 7.74. The second kappa shape index (κ2) is 6.97. The maximum atomic E-state index is 11.6. The number of hydrogen-bond acceptors (Lipinski definition) is 4. The van der Waals surface area contributed by atoms with E-state index in [1.165, 1.54) is 0 Å². The zero-order valence-electron chi connectivity index (χ0n) is 14.9. The van der Waals surface area contributed by atoms with Crippen molar-refractivity contribution in [3.63, 3.8) is 0 Å². The van der Waals surface area contributed by atoms with Crippen LogP contribution in [0.3, 0.4) is 0 Å². The molecule has 2 aliphatic rings. The first kappa shape index (κ1) is 18.5. The number of ether oxygens (including phenoxy) is 1. The maximum Gasteiger partial charge on any atom is 0.191 e. The summed E-state index contributed by atoms with van der Waals surface area (Å²) in [6.07, 6.45) is 1.95. The number of rotatable bonds is 5. The van der Waals surface area contributed by atoms with Crippen LogP contribution in [-0.4, -0.2) is 57.7 Å². The van der Waals surface area contributed by atoms with Gasteiger partial charge in [-0.25, -0.2) is 8.42 Å². The lowest BCUT2D eigenvalue weighted by atomic mass is 9.64. The van der Waals surface area contributed by atoms with Crippen molar-refractivity contribution in [1.82, 2.24) is 10.6 Å². The van der Waals surface area contributed by atoms with E-state index in [0.29, 0.717) is 18.3 Å². The van der Waals surface area contributed by atoms with E-state index in [0.717, 1.165) is 18.8 Å². The fourth-order valence-electron chi connectivity index (χ4n) is 3.34. The molecule has 134 valence electrons. The minimum absolute atomic E-state index is 0.0604. The number of nitrogens with zero attached hydrogens (tertiary/aromatic N) is 1. The highest BCUT2D eigenvalue weighted by atomic mass is 32.2. The van der Waals surface area contributed by atoms with Crippen molar-refractivity contribution < 1.29 is 13.2 Å². The Morgan fingerprint density at radius 1 is 1.39 bits per heavy atom. The van der Waals surface area contributed by atoms with E-state index >= 15 is 0 Å². The summed E-state index contributed by atoms with van der Waals surface area (Å²) in [6.45, 7) is 9.09. The molecule has 0 aromatic rings. The molecule has 1 heterocycles. The molecule has 3 atom stereocenters. The summed E-state index contributed by atoms with van der Waals surface area (Å²) in [7, 11) is -1.08. The van der Waals surface area contributed by atoms with Gasteiger partial charge < -0.3 is 15.4 Å².